The fourth-order valence-corrected chi connectivity index (χ4v) is 4.83. The molecule has 0 radical (unpaired) electrons. The normalized spacial score (nSPS) is 13.3. The number of hydrogen-bond acceptors (Lipinski definition) is 4. The number of halogens is 3. The first-order valence-corrected chi connectivity index (χ1v) is 12.7. The third kappa shape index (κ3) is 6.32. The van der Waals surface area contributed by atoms with E-state index in [0.29, 0.717) is 53.0 Å². The molecule has 2 amide bonds. The zero-order chi connectivity index (χ0) is 24.9. The average Bonchev–Trinajstić information content (AvgIpc) is 2.85. The zero-order valence-corrected chi connectivity index (χ0v) is 22.3. The summed E-state index contributed by atoms with van der Waals surface area (Å²) >= 11 is 21.3. The Morgan fingerprint density at radius 3 is 2.29 bits per heavy atom. The second-order valence-corrected chi connectivity index (χ2v) is 9.98. The van der Waals surface area contributed by atoms with E-state index in [9.17, 15) is 9.59 Å². The van der Waals surface area contributed by atoms with Crippen molar-refractivity contribution in [2.24, 2.45) is 0 Å². The summed E-state index contributed by atoms with van der Waals surface area (Å²) in [6.07, 6.45) is 0. The number of rotatable bonds is 4. The van der Waals surface area contributed by atoms with Crippen LogP contribution in [0, 0.1) is 0 Å². The van der Waals surface area contributed by atoms with Crippen LogP contribution in [0.3, 0.4) is 0 Å². The Hall–Kier alpha value is -2.65. The van der Waals surface area contributed by atoms with E-state index in [4.69, 9.17) is 35.4 Å². The van der Waals surface area contributed by atoms with Crippen LogP contribution in [0.4, 0.5) is 11.4 Å². The van der Waals surface area contributed by atoms with Gasteiger partial charge in [-0.2, -0.15) is 0 Å². The summed E-state index contributed by atoms with van der Waals surface area (Å²) in [7, 11) is 0. The van der Waals surface area contributed by atoms with Gasteiger partial charge < -0.3 is 15.1 Å². The van der Waals surface area contributed by atoms with Crippen molar-refractivity contribution in [1.29, 1.82) is 0 Å². The second kappa shape index (κ2) is 11.4. The summed E-state index contributed by atoms with van der Waals surface area (Å²) in [5, 5.41) is 6.60. The van der Waals surface area contributed by atoms with Gasteiger partial charge in [-0.25, -0.2) is 0 Å². The maximum Gasteiger partial charge on any atom is 0.258 e. The summed E-state index contributed by atoms with van der Waals surface area (Å²) < 4.78 is 0.735. The molecule has 6 nitrogen and oxygen atoms in total. The number of nitrogens with one attached hydrogen (secondary N) is 2. The van der Waals surface area contributed by atoms with Crippen molar-refractivity contribution in [2.75, 3.05) is 36.4 Å². The van der Waals surface area contributed by atoms with Crippen LogP contribution in [0.15, 0.2) is 71.2 Å². The summed E-state index contributed by atoms with van der Waals surface area (Å²) in [5.74, 6) is -0.380. The van der Waals surface area contributed by atoms with Crippen LogP contribution < -0.4 is 15.5 Å². The maximum absolute atomic E-state index is 12.7. The molecule has 1 saturated heterocycles. The van der Waals surface area contributed by atoms with E-state index in [2.05, 4.69) is 31.5 Å². The third-order valence-electron chi connectivity index (χ3n) is 5.53. The smallest absolute Gasteiger partial charge is 0.258 e. The van der Waals surface area contributed by atoms with Crippen molar-refractivity contribution >= 4 is 79.7 Å². The number of carbonyl (C=O) groups is 2. The summed E-state index contributed by atoms with van der Waals surface area (Å²) in [6, 6.07) is 19.8. The molecular weight excluding hydrogens is 571 g/mol. The first-order chi connectivity index (χ1) is 16.8. The molecule has 0 spiro atoms. The van der Waals surface area contributed by atoms with E-state index in [0.717, 1.165) is 10.2 Å². The zero-order valence-electron chi connectivity index (χ0n) is 18.4. The standard InChI is InChI=1S/C25H21BrCl2N4O2S/c26-17-6-8-20(27)19(14-17)23(33)30-25(35)29-18-7-9-22(21(28)15-18)31-10-12-32(13-11-31)24(34)16-4-2-1-3-5-16/h1-9,14-15H,10-13H2,(H2,29,30,33,35). The van der Waals surface area contributed by atoms with Crippen LogP contribution in [-0.2, 0) is 0 Å². The Morgan fingerprint density at radius 1 is 0.886 bits per heavy atom. The first kappa shape index (κ1) is 25.4. The molecule has 3 aromatic carbocycles. The molecule has 1 aliphatic rings. The lowest BCUT2D eigenvalue weighted by molar-refractivity contribution is 0.0746. The monoisotopic (exact) mass is 590 g/mol. The highest BCUT2D eigenvalue weighted by atomic mass is 79.9. The van der Waals surface area contributed by atoms with Crippen molar-refractivity contribution in [3.63, 3.8) is 0 Å². The molecule has 1 fully saturated rings. The summed E-state index contributed by atoms with van der Waals surface area (Å²) in [6.45, 7) is 2.57. The lowest BCUT2D eigenvalue weighted by Crippen LogP contribution is -2.48. The molecule has 4 rings (SSSR count). The molecule has 2 N–H and O–H groups in total. The van der Waals surface area contributed by atoms with Crippen LogP contribution >= 0.6 is 51.3 Å². The van der Waals surface area contributed by atoms with Gasteiger partial charge in [0.1, 0.15) is 0 Å². The SMILES string of the molecule is O=C(NC(=S)Nc1ccc(N2CCN(C(=O)c3ccccc3)CC2)c(Cl)c1)c1cc(Br)ccc1Cl. The minimum absolute atomic E-state index is 0.0376. The van der Waals surface area contributed by atoms with Gasteiger partial charge in [-0.05, 0) is 60.7 Å². The Morgan fingerprint density at radius 2 is 1.60 bits per heavy atom. The molecule has 10 heteroatoms. The molecule has 1 aliphatic heterocycles. The molecule has 0 atom stereocenters. The molecule has 1 heterocycles. The van der Waals surface area contributed by atoms with Crippen molar-refractivity contribution in [3.8, 4) is 0 Å². The van der Waals surface area contributed by atoms with Gasteiger partial charge in [-0.1, -0.05) is 57.3 Å². The average molecular weight is 592 g/mol. The minimum Gasteiger partial charge on any atom is -0.367 e. The van der Waals surface area contributed by atoms with Crippen molar-refractivity contribution in [1.82, 2.24) is 10.2 Å². The molecule has 0 aliphatic carbocycles. The van der Waals surface area contributed by atoms with E-state index >= 15 is 0 Å². The topological polar surface area (TPSA) is 64.7 Å². The lowest BCUT2D eigenvalue weighted by Gasteiger charge is -2.36. The fourth-order valence-electron chi connectivity index (χ4n) is 3.76. The van der Waals surface area contributed by atoms with E-state index in [1.54, 1.807) is 24.3 Å². The van der Waals surface area contributed by atoms with Crippen LogP contribution in [0.1, 0.15) is 20.7 Å². The van der Waals surface area contributed by atoms with E-state index < -0.39 is 5.91 Å². The Kier molecular flexibility index (Phi) is 8.28. The highest BCUT2D eigenvalue weighted by Gasteiger charge is 2.23. The lowest BCUT2D eigenvalue weighted by atomic mass is 10.1. The Bertz CT molecular complexity index is 1270. The van der Waals surface area contributed by atoms with Crippen molar-refractivity contribution in [3.05, 3.63) is 92.4 Å². The Labute approximate surface area is 227 Å². The van der Waals surface area contributed by atoms with Crippen molar-refractivity contribution in [2.45, 2.75) is 0 Å². The number of carbonyl (C=O) groups excluding carboxylic acids is 2. The molecule has 3 aromatic rings. The molecule has 0 aromatic heterocycles. The Balaban J connectivity index is 1.34. The molecule has 0 saturated carbocycles. The third-order valence-corrected chi connectivity index (χ3v) is 6.86. The number of benzene rings is 3. The van der Waals surface area contributed by atoms with Gasteiger partial charge in [0, 0.05) is 41.9 Å². The predicted octanol–water partition coefficient (Wildman–Crippen LogP) is 5.85. The second-order valence-electron chi connectivity index (χ2n) is 7.84. The maximum atomic E-state index is 12.7. The molecule has 0 bridgehead atoms. The van der Waals surface area contributed by atoms with Gasteiger partial charge in [0.15, 0.2) is 5.11 Å². The number of anilines is 2. The molecule has 180 valence electrons. The quantitative estimate of drug-likeness (QED) is 0.373. The van der Waals surface area contributed by atoms with Gasteiger partial charge in [-0.3, -0.25) is 14.9 Å². The highest BCUT2D eigenvalue weighted by molar-refractivity contribution is 9.10. The number of thiocarbonyl (C=S) groups is 1. The molecular formula is C25H21BrCl2N4O2S. The highest BCUT2D eigenvalue weighted by Crippen LogP contribution is 2.30. The predicted molar refractivity (Wildman–Crippen MR) is 149 cm³/mol. The fraction of sp³-hybridized carbons (Fsp3) is 0.160. The molecule has 35 heavy (non-hydrogen) atoms. The van der Waals surface area contributed by atoms with Crippen LogP contribution in [0.25, 0.3) is 0 Å². The van der Waals surface area contributed by atoms with Gasteiger partial charge in [0.05, 0.1) is 21.3 Å². The van der Waals surface area contributed by atoms with Crippen LogP contribution in [0.2, 0.25) is 10.0 Å². The molecule has 0 unspecified atom stereocenters. The van der Waals surface area contributed by atoms with E-state index in [1.165, 1.54) is 0 Å². The number of hydrogen-bond donors (Lipinski definition) is 2. The number of amides is 2. The minimum atomic E-state index is -0.417. The van der Waals surface area contributed by atoms with Crippen LogP contribution in [-0.4, -0.2) is 48.0 Å². The largest absolute Gasteiger partial charge is 0.367 e. The van der Waals surface area contributed by atoms with E-state index in [-0.39, 0.29) is 11.0 Å². The van der Waals surface area contributed by atoms with Gasteiger partial charge in [0.2, 0.25) is 0 Å². The first-order valence-electron chi connectivity index (χ1n) is 10.8. The van der Waals surface area contributed by atoms with Gasteiger partial charge in [0.25, 0.3) is 11.8 Å². The summed E-state index contributed by atoms with van der Waals surface area (Å²) in [5.41, 5.74) is 2.52. The van der Waals surface area contributed by atoms with E-state index in [1.807, 2.05) is 47.4 Å². The van der Waals surface area contributed by atoms with Crippen molar-refractivity contribution < 1.29 is 9.59 Å². The van der Waals surface area contributed by atoms with Gasteiger partial charge in [-0.15, -0.1) is 0 Å². The van der Waals surface area contributed by atoms with Gasteiger partial charge >= 0.3 is 0 Å². The number of nitrogens with zero attached hydrogens (tertiary/aromatic N) is 2. The summed E-state index contributed by atoms with van der Waals surface area (Å²) in [4.78, 5) is 29.2. The van der Waals surface area contributed by atoms with Crippen LogP contribution in [0.5, 0.6) is 0 Å². The number of piperazine rings is 1.